The highest BCUT2D eigenvalue weighted by atomic mass is 16.5. The Morgan fingerprint density at radius 2 is 2.12 bits per heavy atom. The van der Waals surface area contributed by atoms with Crippen LogP contribution in [0.25, 0.3) is 0 Å². The molecule has 0 saturated heterocycles. The molecule has 3 nitrogen and oxygen atoms in total. The third kappa shape index (κ3) is 6.41. The van der Waals surface area contributed by atoms with Crippen molar-refractivity contribution in [2.45, 2.75) is 39.0 Å². The smallest absolute Gasteiger partial charge is 0.0713 e. The number of aliphatic hydroxyl groups excluding tert-OH is 1. The highest BCUT2D eigenvalue weighted by Crippen LogP contribution is 2.06. The van der Waals surface area contributed by atoms with Crippen LogP contribution in [-0.2, 0) is 17.9 Å². The summed E-state index contributed by atoms with van der Waals surface area (Å²) in [4.78, 5) is 0. The highest BCUT2D eigenvalue weighted by molar-refractivity contribution is 5.22. The topological polar surface area (TPSA) is 41.5 Å². The van der Waals surface area contributed by atoms with E-state index in [1.165, 1.54) is 11.1 Å². The van der Waals surface area contributed by atoms with Gasteiger partial charge in [-0.1, -0.05) is 24.3 Å². The molecule has 0 fully saturated rings. The normalized spacial score (nSPS) is 12.6. The van der Waals surface area contributed by atoms with Gasteiger partial charge in [0.05, 0.1) is 12.7 Å². The fourth-order valence-electron chi connectivity index (χ4n) is 1.75. The van der Waals surface area contributed by atoms with E-state index >= 15 is 0 Å². The highest BCUT2D eigenvalue weighted by Gasteiger charge is 1.97. The van der Waals surface area contributed by atoms with Gasteiger partial charge in [-0.2, -0.15) is 0 Å². The molecule has 0 amide bonds. The van der Waals surface area contributed by atoms with Crippen molar-refractivity contribution in [1.82, 2.24) is 5.32 Å². The van der Waals surface area contributed by atoms with Crippen molar-refractivity contribution >= 4 is 0 Å². The number of rotatable bonds is 8. The van der Waals surface area contributed by atoms with E-state index in [2.05, 4.69) is 29.6 Å². The zero-order valence-electron chi connectivity index (χ0n) is 10.8. The van der Waals surface area contributed by atoms with Gasteiger partial charge in [-0.25, -0.2) is 0 Å². The van der Waals surface area contributed by atoms with Gasteiger partial charge in [0.2, 0.25) is 0 Å². The van der Waals surface area contributed by atoms with E-state index in [0.717, 1.165) is 25.9 Å². The summed E-state index contributed by atoms with van der Waals surface area (Å²) < 4.78 is 5.10. The van der Waals surface area contributed by atoms with Crippen LogP contribution in [0.3, 0.4) is 0 Å². The van der Waals surface area contributed by atoms with Gasteiger partial charge in [-0.15, -0.1) is 0 Å². The maximum absolute atomic E-state index is 9.12. The molecule has 0 aromatic heterocycles. The molecule has 1 atom stereocenters. The van der Waals surface area contributed by atoms with Gasteiger partial charge < -0.3 is 15.2 Å². The Morgan fingerprint density at radius 3 is 2.82 bits per heavy atom. The summed E-state index contributed by atoms with van der Waals surface area (Å²) in [5.41, 5.74) is 2.48. The Kier molecular flexibility index (Phi) is 6.86. The monoisotopic (exact) mass is 237 g/mol. The van der Waals surface area contributed by atoms with Crippen LogP contribution in [-0.4, -0.2) is 24.9 Å². The van der Waals surface area contributed by atoms with Crippen molar-refractivity contribution in [3.63, 3.8) is 0 Å². The summed E-state index contributed by atoms with van der Waals surface area (Å²) in [5.74, 6) is 0. The van der Waals surface area contributed by atoms with E-state index in [4.69, 9.17) is 9.84 Å². The van der Waals surface area contributed by atoms with Crippen LogP contribution in [0, 0.1) is 0 Å². The Hall–Kier alpha value is -0.900. The molecule has 1 aromatic carbocycles. The van der Waals surface area contributed by atoms with Crippen molar-refractivity contribution in [3.8, 4) is 0 Å². The lowest BCUT2D eigenvalue weighted by Gasteiger charge is -2.07. The number of methoxy groups -OCH3 is 1. The molecule has 0 aliphatic heterocycles. The second-order valence-corrected chi connectivity index (χ2v) is 4.42. The maximum atomic E-state index is 9.12. The Balaban J connectivity index is 2.24. The SMILES string of the molecule is COCc1cccc(CNCCCC(C)O)c1. The fraction of sp³-hybridized carbons (Fsp3) is 0.571. The first kappa shape index (κ1) is 14.2. The number of ether oxygens (including phenoxy) is 1. The average molecular weight is 237 g/mol. The molecule has 1 rings (SSSR count). The first-order valence-corrected chi connectivity index (χ1v) is 6.18. The predicted molar refractivity (Wildman–Crippen MR) is 69.8 cm³/mol. The zero-order chi connectivity index (χ0) is 12.5. The Morgan fingerprint density at radius 1 is 1.35 bits per heavy atom. The molecular weight excluding hydrogens is 214 g/mol. The maximum Gasteiger partial charge on any atom is 0.0713 e. The molecule has 0 aliphatic rings. The van der Waals surface area contributed by atoms with Crippen LogP contribution in [0.15, 0.2) is 24.3 Å². The van der Waals surface area contributed by atoms with Gasteiger partial charge in [0.1, 0.15) is 0 Å². The van der Waals surface area contributed by atoms with E-state index < -0.39 is 0 Å². The number of benzene rings is 1. The van der Waals surface area contributed by atoms with E-state index in [9.17, 15) is 0 Å². The molecule has 1 unspecified atom stereocenters. The molecule has 17 heavy (non-hydrogen) atoms. The molecule has 0 spiro atoms. The third-order valence-corrected chi connectivity index (χ3v) is 2.61. The first-order chi connectivity index (χ1) is 8.22. The van der Waals surface area contributed by atoms with Crippen molar-refractivity contribution in [3.05, 3.63) is 35.4 Å². The lowest BCUT2D eigenvalue weighted by Crippen LogP contribution is -2.16. The summed E-state index contributed by atoms with van der Waals surface area (Å²) in [6.07, 6.45) is 1.67. The van der Waals surface area contributed by atoms with Gasteiger partial charge in [-0.05, 0) is 37.4 Å². The second-order valence-electron chi connectivity index (χ2n) is 4.42. The van der Waals surface area contributed by atoms with Crippen molar-refractivity contribution in [2.24, 2.45) is 0 Å². The lowest BCUT2D eigenvalue weighted by molar-refractivity contribution is 0.181. The first-order valence-electron chi connectivity index (χ1n) is 6.18. The van der Waals surface area contributed by atoms with Crippen LogP contribution in [0.4, 0.5) is 0 Å². The zero-order valence-corrected chi connectivity index (χ0v) is 10.8. The van der Waals surface area contributed by atoms with E-state index in [1.807, 2.05) is 6.92 Å². The molecule has 0 aliphatic carbocycles. The summed E-state index contributed by atoms with van der Waals surface area (Å²) >= 11 is 0. The van der Waals surface area contributed by atoms with Gasteiger partial charge >= 0.3 is 0 Å². The van der Waals surface area contributed by atoms with Crippen LogP contribution >= 0.6 is 0 Å². The largest absolute Gasteiger partial charge is 0.393 e. The minimum atomic E-state index is -0.193. The molecule has 3 heteroatoms. The molecule has 96 valence electrons. The second kappa shape index (κ2) is 8.23. The van der Waals surface area contributed by atoms with Gasteiger partial charge in [0.25, 0.3) is 0 Å². The Labute approximate surface area is 104 Å². The Bertz CT molecular complexity index is 313. The van der Waals surface area contributed by atoms with Crippen molar-refractivity contribution in [2.75, 3.05) is 13.7 Å². The number of nitrogens with one attached hydrogen (secondary N) is 1. The molecule has 0 bridgehead atoms. The average Bonchev–Trinajstić information content (AvgIpc) is 2.29. The van der Waals surface area contributed by atoms with E-state index in [1.54, 1.807) is 7.11 Å². The number of aliphatic hydroxyl groups is 1. The molecule has 0 heterocycles. The van der Waals surface area contributed by atoms with Crippen molar-refractivity contribution in [1.29, 1.82) is 0 Å². The molecule has 1 aromatic rings. The minimum Gasteiger partial charge on any atom is -0.393 e. The molecular formula is C14H23NO2. The summed E-state index contributed by atoms with van der Waals surface area (Å²) in [6.45, 7) is 4.31. The third-order valence-electron chi connectivity index (χ3n) is 2.61. The van der Waals surface area contributed by atoms with Gasteiger partial charge in [0.15, 0.2) is 0 Å². The number of hydrogen-bond acceptors (Lipinski definition) is 3. The van der Waals surface area contributed by atoms with Gasteiger partial charge in [-0.3, -0.25) is 0 Å². The van der Waals surface area contributed by atoms with E-state index in [0.29, 0.717) is 6.61 Å². The van der Waals surface area contributed by atoms with E-state index in [-0.39, 0.29) is 6.10 Å². The summed E-state index contributed by atoms with van der Waals surface area (Å²) in [5, 5.41) is 12.5. The van der Waals surface area contributed by atoms with Crippen molar-refractivity contribution < 1.29 is 9.84 Å². The summed E-state index contributed by atoms with van der Waals surface area (Å²) in [6, 6.07) is 8.40. The molecule has 0 saturated carbocycles. The quantitative estimate of drug-likeness (QED) is 0.680. The fourth-order valence-corrected chi connectivity index (χ4v) is 1.75. The molecule has 0 radical (unpaired) electrons. The predicted octanol–water partition coefficient (Wildman–Crippen LogP) is 2.08. The molecule has 2 N–H and O–H groups in total. The lowest BCUT2D eigenvalue weighted by atomic mass is 10.1. The summed E-state index contributed by atoms with van der Waals surface area (Å²) in [7, 11) is 1.71. The number of hydrogen-bond donors (Lipinski definition) is 2. The van der Waals surface area contributed by atoms with Crippen LogP contribution < -0.4 is 5.32 Å². The van der Waals surface area contributed by atoms with Crippen LogP contribution in [0.1, 0.15) is 30.9 Å². The minimum absolute atomic E-state index is 0.193. The van der Waals surface area contributed by atoms with Crippen LogP contribution in [0.5, 0.6) is 0 Å². The van der Waals surface area contributed by atoms with Gasteiger partial charge in [0, 0.05) is 13.7 Å². The standard InChI is InChI=1S/C14H23NO2/c1-12(16)5-4-8-15-10-13-6-3-7-14(9-13)11-17-2/h3,6-7,9,12,15-16H,4-5,8,10-11H2,1-2H3. The van der Waals surface area contributed by atoms with Crippen LogP contribution in [0.2, 0.25) is 0 Å².